The van der Waals surface area contributed by atoms with Gasteiger partial charge < -0.3 is 15.2 Å². The maximum atomic E-state index is 4.91. The molecule has 0 spiro atoms. The number of aromatic nitrogens is 2. The van der Waals surface area contributed by atoms with E-state index in [0.717, 1.165) is 63.9 Å². The molecule has 1 aromatic carbocycles. The Bertz CT molecular complexity index is 711. The third-order valence-electron chi connectivity index (χ3n) is 5.25. The van der Waals surface area contributed by atoms with Crippen LogP contribution in [0, 0.1) is 6.92 Å². The smallest absolute Gasteiger partial charge is 0.191 e. The first-order valence-corrected chi connectivity index (χ1v) is 11.0. The molecule has 168 valence electrons. The van der Waals surface area contributed by atoms with Crippen molar-refractivity contribution in [2.45, 2.75) is 53.1 Å². The van der Waals surface area contributed by atoms with Gasteiger partial charge in [0.1, 0.15) is 5.82 Å². The molecule has 1 atom stereocenters. The van der Waals surface area contributed by atoms with E-state index >= 15 is 0 Å². The fourth-order valence-corrected chi connectivity index (χ4v) is 3.54. The number of unbranched alkanes of at least 4 members (excludes halogenated alkanes) is 1. The van der Waals surface area contributed by atoms with E-state index in [1.165, 1.54) is 5.56 Å². The lowest BCUT2D eigenvalue weighted by Gasteiger charge is -2.29. The molecule has 0 aliphatic heterocycles. The monoisotopic (exact) mass is 526 g/mol. The molecule has 0 aliphatic rings. The summed E-state index contributed by atoms with van der Waals surface area (Å²) in [6, 6.07) is 11.0. The van der Waals surface area contributed by atoms with Gasteiger partial charge in [0.25, 0.3) is 0 Å². The van der Waals surface area contributed by atoms with E-state index in [-0.39, 0.29) is 24.0 Å². The molecule has 0 saturated carbocycles. The van der Waals surface area contributed by atoms with E-state index < -0.39 is 0 Å². The summed E-state index contributed by atoms with van der Waals surface area (Å²) in [6.45, 7) is 14.2. The predicted molar refractivity (Wildman–Crippen MR) is 138 cm³/mol. The first-order valence-electron chi connectivity index (χ1n) is 11.0. The Labute approximate surface area is 199 Å². The number of hydrogen-bond acceptors (Lipinski definition) is 3. The molecular weight excluding hydrogens is 487 g/mol. The second-order valence-electron chi connectivity index (χ2n) is 7.17. The molecule has 1 heterocycles. The number of aryl methyl sites for hydroxylation is 2. The highest BCUT2D eigenvalue weighted by molar-refractivity contribution is 14.0. The molecular formula is C23H39IN6. The number of guanidine groups is 1. The van der Waals surface area contributed by atoms with Crippen molar-refractivity contribution in [1.29, 1.82) is 0 Å². The van der Waals surface area contributed by atoms with E-state index in [1.54, 1.807) is 0 Å². The zero-order valence-corrected chi connectivity index (χ0v) is 21.3. The van der Waals surface area contributed by atoms with Gasteiger partial charge in [0.15, 0.2) is 5.96 Å². The van der Waals surface area contributed by atoms with Crippen molar-refractivity contribution >= 4 is 29.9 Å². The first kappa shape index (κ1) is 26.4. The predicted octanol–water partition coefficient (Wildman–Crippen LogP) is 4.23. The lowest BCUT2D eigenvalue weighted by atomic mass is 10.1. The molecule has 2 N–H and O–H groups in total. The summed E-state index contributed by atoms with van der Waals surface area (Å²) in [5.74, 6) is 1.98. The van der Waals surface area contributed by atoms with Crippen LogP contribution < -0.4 is 10.6 Å². The van der Waals surface area contributed by atoms with Crippen molar-refractivity contribution in [3.05, 3.63) is 54.1 Å². The van der Waals surface area contributed by atoms with Crippen molar-refractivity contribution in [2.24, 2.45) is 4.99 Å². The van der Waals surface area contributed by atoms with Gasteiger partial charge in [-0.2, -0.15) is 0 Å². The minimum atomic E-state index is 0. The number of nitrogens with one attached hydrogen (secondary N) is 2. The molecule has 0 aliphatic carbocycles. The summed E-state index contributed by atoms with van der Waals surface area (Å²) in [5, 5.41) is 6.88. The highest BCUT2D eigenvalue weighted by Crippen LogP contribution is 2.20. The Kier molecular flexibility index (Phi) is 13.4. The summed E-state index contributed by atoms with van der Waals surface area (Å²) in [7, 11) is 0. The first-order chi connectivity index (χ1) is 14.2. The van der Waals surface area contributed by atoms with Gasteiger partial charge in [-0.15, -0.1) is 24.0 Å². The largest absolute Gasteiger partial charge is 0.357 e. The lowest BCUT2D eigenvalue weighted by molar-refractivity contribution is 0.224. The van der Waals surface area contributed by atoms with Crippen molar-refractivity contribution in [1.82, 2.24) is 25.1 Å². The molecule has 2 rings (SSSR count). The lowest BCUT2D eigenvalue weighted by Crippen LogP contribution is -2.39. The molecule has 7 heteroatoms. The Morgan fingerprint density at radius 2 is 1.83 bits per heavy atom. The number of aliphatic imine (C=N–C) groups is 1. The fourth-order valence-electron chi connectivity index (χ4n) is 3.54. The topological polar surface area (TPSA) is 57.5 Å². The van der Waals surface area contributed by atoms with Crippen molar-refractivity contribution in [2.75, 3.05) is 32.7 Å². The van der Waals surface area contributed by atoms with Gasteiger partial charge in [-0.05, 0) is 45.3 Å². The van der Waals surface area contributed by atoms with Gasteiger partial charge in [0, 0.05) is 32.0 Å². The van der Waals surface area contributed by atoms with Gasteiger partial charge in [-0.3, -0.25) is 9.89 Å². The van der Waals surface area contributed by atoms with Crippen LogP contribution in [0.25, 0.3) is 0 Å². The molecule has 0 fully saturated rings. The van der Waals surface area contributed by atoms with Crippen LogP contribution in [0.4, 0.5) is 0 Å². The van der Waals surface area contributed by atoms with Crippen LogP contribution >= 0.6 is 24.0 Å². The molecule has 0 saturated heterocycles. The summed E-state index contributed by atoms with van der Waals surface area (Å²) in [6.07, 6.45) is 6.13. The number of benzene rings is 1. The molecule has 1 aromatic heterocycles. The van der Waals surface area contributed by atoms with Crippen molar-refractivity contribution < 1.29 is 0 Å². The SMILES string of the molecule is CCNC(=NCC(c1ccccc1)N(CC)CC)NCCCCn1ccnc1C.I. The molecule has 0 bridgehead atoms. The Balaban J connectivity index is 0.00000450. The van der Waals surface area contributed by atoms with Crippen LogP contribution in [-0.2, 0) is 6.54 Å². The normalized spacial score (nSPS) is 12.5. The molecule has 6 nitrogen and oxygen atoms in total. The Morgan fingerprint density at radius 1 is 1.10 bits per heavy atom. The van der Waals surface area contributed by atoms with E-state index in [2.05, 4.69) is 76.2 Å². The number of halogens is 1. The number of nitrogens with zero attached hydrogens (tertiary/aromatic N) is 4. The molecule has 2 aromatic rings. The minimum Gasteiger partial charge on any atom is -0.357 e. The van der Waals surface area contributed by atoms with Crippen LogP contribution in [0.2, 0.25) is 0 Å². The fraction of sp³-hybridized carbons (Fsp3) is 0.565. The van der Waals surface area contributed by atoms with E-state index in [0.29, 0.717) is 6.04 Å². The number of imidazole rings is 1. The van der Waals surface area contributed by atoms with Gasteiger partial charge in [-0.25, -0.2) is 4.98 Å². The number of hydrogen-bond donors (Lipinski definition) is 2. The van der Waals surface area contributed by atoms with Gasteiger partial charge >= 0.3 is 0 Å². The van der Waals surface area contributed by atoms with Gasteiger partial charge in [-0.1, -0.05) is 44.2 Å². The molecule has 30 heavy (non-hydrogen) atoms. The third-order valence-corrected chi connectivity index (χ3v) is 5.25. The second kappa shape index (κ2) is 15.2. The molecule has 0 radical (unpaired) electrons. The Hall–Kier alpha value is -1.61. The zero-order valence-electron chi connectivity index (χ0n) is 19.0. The number of likely N-dealkylation sites (N-methyl/N-ethyl adjacent to an activating group) is 1. The van der Waals surface area contributed by atoms with Crippen molar-refractivity contribution in [3.63, 3.8) is 0 Å². The summed E-state index contributed by atoms with van der Waals surface area (Å²) < 4.78 is 2.20. The van der Waals surface area contributed by atoms with E-state index in [1.807, 2.05) is 19.3 Å². The van der Waals surface area contributed by atoms with Crippen LogP contribution in [-0.4, -0.2) is 53.1 Å². The Morgan fingerprint density at radius 3 is 2.43 bits per heavy atom. The third kappa shape index (κ3) is 8.63. The maximum Gasteiger partial charge on any atom is 0.191 e. The number of rotatable bonds is 12. The quantitative estimate of drug-likeness (QED) is 0.188. The van der Waals surface area contributed by atoms with Gasteiger partial charge in [0.2, 0.25) is 0 Å². The highest BCUT2D eigenvalue weighted by Gasteiger charge is 2.17. The average Bonchev–Trinajstić information content (AvgIpc) is 3.16. The van der Waals surface area contributed by atoms with Crippen LogP contribution in [0.3, 0.4) is 0 Å². The van der Waals surface area contributed by atoms with Crippen LogP contribution in [0.1, 0.15) is 51.0 Å². The van der Waals surface area contributed by atoms with E-state index in [9.17, 15) is 0 Å². The van der Waals surface area contributed by atoms with Crippen molar-refractivity contribution in [3.8, 4) is 0 Å². The standard InChI is InChI=1S/C23H38N6.HI/c1-5-24-23(26-15-11-12-17-29-18-16-25-20(29)4)27-19-22(28(6-2)7-3)21-13-9-8-10-14-21;/h8-10,13-14,16,18,22H,5-7,11-12,15,17,19H2,1-4H3,(H2,24,26,27);1H. The summed E-state index contributed by atoms with van der Waals surface area (Å²) in [4.78, 5) is 11.7. The minimum absolute atomic E-state index is 0. The van der Waals surface area contributed by atoms with E-state index in [4.69, 9.17) is 4.99 Å². The van der Waals surface area contributed by atoms with Crippen LogP contribution in [0.15, 0.2) is 47.7 Å². The summed E-state index contributed by atoms with van der Waals surface area (Å²) >= 11 is 0. The summed E-state index contributed by atoms with van der Waals surface area (Å²) in [5.41, 5.74) is 1.33. The average molecular weight is 527 g/mol. The maximum absolute atomic E-state index is 4.91. The molecule has 0 amide bonds. The second-order valence-corrected chi connectivity index (χ2v) is 7.17. The highest BCUT2D eigenvalue weighted by atomic mass is 127. The van der Waals surface area contributed by atoms with Gasteiger partial charge in [0.05, 0.1) is 12.6 Å². The van der Waals surface area contributed by atoms with Crippen LogP contribution in [0.5, 0.6) is 0 Å². The zero-order chi connectivity index (χ0) is 20.9. The molecule has 1 unspecified atom stereocenters.